The highest BCUT2D eigenvalue weighted by molar-refractivity contribution is 5.32. The van der Waals surface area contributed by atoms with E-state index >= 15 is 0 Å². The Kier molecular flexibility index (Phi) is 18.8. The van der Waals surface area contributed by atoms with Gasteiger partial charge in [-0.15, -0.1) is 0 Å². The van der Waals surface area contributed by atoms with Crippen LogP contribution in [0.25, 0.3) is 0 Å². The average Bonchev–Trinajstić information content (AvgIpc) is 2.29. The van der Waals surface area contributed by atoms with Gasteiger partial charge in [-0.1, -0.05) is 40.0 Å². The fourth-order valence-corrected chi connectivity index (χ4v) is 1.48. The van der Waals surface area contributed by atoms with Crippen LogP contribution in [0.4, 0.5) is 0 Å². The lowest BCUT2D eigenvalue weighted by Crippen LogP contribution is -2.27. The molecule has 3 heteroatoms. The summed E-state index contributed by atoms with van der Waals surface area (Å²) in [7, 11) is 0. The molecule has 16 heavy (non-hydrogen) atoms. The van der Waals surface area contributed by atoms with Crippen molar-refractivity contribution < 1.29 is 9.90 Å². The number of rotatable bonds is 9. The van der Waals surface area contributed by atoms with Gasteiger partial charge >= 0.3 is 0 Å². The molecule has 3 nitrogen and oxygen atoms in total. The van der Waals surface area contributed by atoms with Crippen molar-refractivity contribution in [3.8, 4) is 0 Å². The molecule has 0 unspecified atom stereocenters. The van der Waals surface area contributed by atoms with E-state index in [0.717, 1.165) is 0 Å². The van der Waals surface area contributed by atoms with Crippen molar-refractivity contribution in [1.82, 2.24) is 4.90 Å². The summed E-state index contributed by atoms with van der Waals surface area (Å²) < 4.78 is 0. The number of hydrogen-bond donors (Lipinski definition) is 1. The Morgan fingerprint density at radius 1 is 0.875 bits per heavy atom. The molecule has 0 aromatic rings. The topological polar surface area (TPSA) is 40.5 Å². The predicted molar refractivity (Wildman–Crippen MR) is 69.9 cm³/mol. The van der Waals surface area contributed by atoms with Gasteiger partial charge in [0.1, 0.15) is 0 Å². The summed E-state index contributed by atoms with van der Waals surface area (Å²) in [5.74, 6) is 0. The van der Waals surface area contributed by atoms with E-state index in [1.807, 2.05) is 0 Å². The van der Waals surface area contributed by atoms with Gasteiger partial charge in [-0.2, -0.15) is 0 Å². The van der Waals surface area contributed by atoms with Crippen molar-refractivity contribution in [1.29, 1.82) is 0 Å². The maximum Gasteiger partial charge on any atom is 0.290 e. The molecule has 0 radical (unpaired) electrons. The molecule has 0 spiro atoms. The van der Waals surface area contributed by atoms with Crippen LogP contribution >= 0.6 is 0 Å². The van der Waals surface area contributed by atoms with E-state index in [0.29, 0.717) is 0 Å². The monoisotopic (exact) mass is 231 g/mol. The zero-order valence-electron chi connectivity index (χ0n) is 11.2. The highest BCUT2D eigenvalue weighted by atomic mass is 16.3. The lowest BCUT2D eigenvalue weighted by atomic mass is 10.2. The van der Waals surface area contributed by atoms with E-state index in [2.05, 4.69) is 25.7 Å². The first-order valence-corrected chi connectivity index (χ1v) is 6.56. The second-order valence-electron chi connectivity index (χ2n) is 4.01. The average molecular weight is 231 g/mol. The first kappa shape index (κ1) is 17.8. The first-order chi connectivity index (χ1) is 7.76. The zero-order valence-corrected chi connectivity index (χ0v) is 11.2. The molecule has 0 aromatic carbocycles. The lowest BCUT2D eigenvalue weighted by Gasteiger charge is -2.21. The minimum absolute atomic E-state index is 0.250. The molecule has 0 atom stereocenters. The summed E-state index contributed by atoms with van der Waals surface area (Å²) in [6.45, 7) is 10.5. The molecule has 0 aliphatic carbocycles. The van der Waals surface area contributed by atoms with Crippen LogP contribution in [0.3, 0.4) is 0 Å². The summed E-state index contributed by atoms with van der Waals surface area (Å²) in [5, 5.41) is 6.89. The SMILES string of the molecule is CCCCN(CCCC)CCCC.O=CO. The molecule has 0 aliphatic rings. The highest BCUT2D eigenvalue weighted by Crippen LogP contribution is 2.01. The molecule has 0 fully saturated rings. The van der Waals surface area contributed by atoms with Crippen molar-refractivity contribution in [2.45, 2.75) is 59.3 Å². The summed E-state index contributed by atoms with van der Waals surface area (Å²) >= 11 is 0. The number of unbranched alkanes of at least 4 members (excludes halogenated alkanes) is 3. The summed E-state index contributed by atoms with van der Waals surface area (Å²) in [6, 6.07) is 0. The van der Waals surface area contributed by atoms with Crippen LogP contribution in [0.1, 0.15) is 59.3 Å². The molecule has 0 heterocycles. The second kappa shape index (κ2) is 16.8. The molecule has 0 saturated heterocycles. The Morgan fingerprint density at radius 3 is 1.31 bits per heavy atom. The van der Waals surface area contributed by atoms with E-state index in [-0.39, 0.29) is 6.47 Å². The molecular weight excluding hydrogens is 202 g/mol. The molecule has 1 N–H and O–H groups in total. The van der Waals surface area contributed by atoms with Crippen LogP contribution in [0.15, 0.2) is 0 Å². The molecule has 0 aliphatic heterocycles. The number of nitrogens with zero attached hydrogens (tertiary/aromatic N) is 1. The fourth-order valence-electron chi connectivity index (χ4n) is 1.48. The minimum Gasteiger partial charge on any atom is -0.483 e. The Balaban J connectivity index is 0. The maximum absolute atomic E-state index is 8.36. The van der Waals surface area contributed by atoms with E-state index in [1.54, 1.807) is 0 Å². The van der Waals surface area contributed by atoms with Crippen LogP contribution in [-0.4, -0.2) is 36.1 Å². The highest BCUT2D eigenvalue weighted by Gasteiger charge is 2.01. The van der Waals surface area contributed by atoms with Crippen molar-refractivity contribution >= 4 is 6.47 Å². The van der Waals surface area contributed by atoms with Crippen LogP contribution in [0.2, 0.25) is 0 Å². The third kappa shape index (κ3) is 15.9. The van der Waals surface area contributed by atoms with Gasteiger partial charge in [0.25, 0.3) is 6.47 Å². The Labute approximate surface area is 101 Å². The third-order valence-corrected chi connectivity index (χ3v) is 2.48. The predicted octanol–water partition coefficient (Wildman–Crippen LogP) is 3.39. The Bertz CT molecular complexity index is 110. The van der Waals surface area contributed by atoms with E-state index in [1.165, 1.54) is 58.2 Å². The molecular formula is C13H29NO2. The largest absolute Gasteiger partial charge is 0.483 e. The third-order valence-electron chi connectivity index (χ3n) is 2.48. The van der Waals surface area contributed by atoms with Gasteiger partial charge in [-0.3, -0.25) is 4.79 Å². The summed E-state index contributed by atoms with van der Waals surface area (Å²) in [5.41, 5.74) is 0. The van der Waals surface area contributed by atoms with E-state index in [9.17, 15) is 0 Å². The van der Waals surface area contributed by atoms with Gasteiger partial charge in [0.05, 0.1) is 0 Å². The van der Waals surface area contributed by atoms with E-state index < -0.39 is 0 Å². The van der Waals surface area contributed by atoms with Crippen molar-refractivity contribution in [3.05, 3.63) is 0 Å². The zero-order chi connectivity index (χ0) is 12.6. The molecule has 0 amide bonds. The fraction of sp³-hybridized carbons (Fsp3) is 0.923. The maximum atomic E-state index is 8.36. The standard InChI is InChI=1S/C12H27N.CH2O2/c1-4-7-10-13(11-8-5-2)12-9-6-3;2-1-3/h4-12H2,1-3H3;1H,(H,2,3). The molecule has 0 bridgehead atoms. The smallest absolute Gasteiger partial charge is 0.290 e. The van der Waals surface area contributed by atoms with Gasteiger partial charge in [0, 0.05) is 0 Å². The van der Waals surface area contributed by atoms with Crippen LogP contribution in [-0.2, 0) is 4.79 Å². The van der Waals surface area contributed by atoms with Gasteiger partial charge < -0.3 is 10.0 Å². The van der Waals surface area contributed by atoms with Crippen LogP contribution in [0.5, 0.6) is 0 Å². The molecule has 0 saturated carbocycles. The van der Waals surface area contributed by atoms with Gasteiger partial charge in [0.2, 0.25) is 0 Å². The Morgan fingerprint density at radius 2 is 1.12 bits per heavy atom. The van der Waals surface area contributed by atoms with Gasteiger partial charge in [-0.25, -0.2) is 0 Å². The summed E-state index contributed by atoms with van der Waals surface area (Å²) in [4.78, 5) is 11.0. The van der Waals surface area contributed by atoms with Crippen LogP contribution in [0, 0.1) is 0 Å². The Hall–Kier alpha value is -0.570. The molecule has 98 valence electrons. The van der Waals surface area contributed by atoms with Crippen molar-refractivity contribution in [2.75, 3.05) is 19.6 Å². The number of carbonyl (C=O) groups is 1. The first-order valence-electron chi connectivity index (χ1n) is 6.56. The number of carboxylic acid groups (broad SMARTS) is 1. The quantitative estimate of drug-likeness (QED) is 0.618. The second-order valence-corrected chi connectivity index (χ2v) is 4.01. The van der Waals surface area contributed by atoms with E-state index in [4.69, 9.17) is 9.90 Å². The molecule has 0 rings (SSSR count). The van der Waals surface area contributed by atoms with Crippen molar-refractivity contribution in [3.63, 3.8) is 0 Å². The normalized spacial score (nSPS) is 9.75. The van der Waals surface area contributed by atoms with Gasteiger partial charge in [-0.05, 0) is 38.9 Å². The summed E-state index contributed by atoms with van der Waals surface area (Å²) in [6.07, 6.45) is 8.09. The van der Waals surface area contributed by atoms with Gasteiger partial charge in [0.15, 0.2) is 0 Å². The lowest BCUT2D eigenvalue weighted by molar-refractivity contribution is -0.122. The molecule has 0 aromatic heterocycles. The number of hydrogen-bond acceptors (Lipinski definition) is 2. The van der Waals surface area contributed by atoms with Crippen molar-refractivity contribution in [2.24, 2.45) is 0 Å². The minimum atomic E-state index is -0.250. The van der Waals surface area contributed by atoms with Crippen LogP contribution < -0.4 is 0 Å².